The monoisotopic (exact) mass is 274 g/mol. The molecular formula is C16H18O4. The van der Waals surface area contributed by atoms with Crippen LogP contribution in [0.4, 0.5) is 0 Å². The minimum absolute atomic E-state index is 0.113. The molecule has 0 bridgehead atoms. The highest BCUT2D eigenvalue weighted by molar-refractivity contribution is 6.03. The van der Waals surface area contributed by atoms with Crippen LogP contribution in [0.2, 0.25) is 0 Å². The summed E-state index contributed by atoms with van der Waals surface area (Å²) in [7, 11) is 0. The van der Waals surface area contributed by atoms with E-state index in [9.17, 15) is 14.7 Å². The molecule has 0 heterocycles. The van der Waals surface area contributed by atoms with E-state index in [1.165, 1.54) is 6.07 Å². The van der Waals surface area contributed by atoms with Crippen molar-refractivity contribution in [2.24, 2.45) is 0 Å². The molecule has 0 fully saturated rings. The Kier molecular flexibility index (Phi) is 5.72. The van der Waals surface area contributed by atoms with Gasteiger partial charge < -0.3 is 10.2 Å². The molecular weight excluding hydrogens is 256 g/mol. The molecule has 0 amide bonds. The molecule has 2 N–H and O–H groups in total. The van der Waals surface area contributed by atoms with Crippen molar-refractivity contribution in [3.63, 3.8) is 0 Å². The van der Waals surface area contributed by atoms with Crippen molar-refractivity contribution in [3.05, 3.63) is 58.7 Å². The summed E-state index contributed by atoms with van der Waals surface area (Å²) >= 11 is 0. The van der Waals surface area contributed by atoms with E-state index < -0.39 is 11.9 Å². The summed E-state index contributed by atoms with van der Waals surface area (Å²) in [6.45, 7) is 3.72. The fourth-order valence-corrected chi connectivity index (χ4v) is 2.02. The third-order valence-electron chi connectivity index (χ3n) is 2.99. The molecule has 0 atom stereocenters. The van der Waals surface area contributed by atoms with Crippen LogP contribution < -0.4 is 0 Å². The maximum atomic E-state index is 11.4. The molecule has 4 heteroatoms. The van der Waals surface area contributed by atoms with Crippen molar-refractivity contribution in [1.82, 2.24) is 0 Å². The summed E-state index contributed by atoms with van der Waals surface area (Å²) in [6, 6.07) is 3.05. The van der Waals surface area contributed by atoms with Crippen LogP contribution in [0, 0.1) is 0 Å². The molecule has 0 unspecified atom stereocenters. The Balaban J connectivity index is 3.51. The molecule has 0 aliphatic rings. The Morgan fingerprint density at radius 2 is 1.60 bits per heavy atom. The number of allylic oxidation sites excluding steroid dienone is 4. The average Bonchev–Trinajstić information content (AvgIpc) is 2.41. The summed E-state index contributed by atoms with van der Waals surface area (Å²) in [5.74, 6) is -2.43. The number of hydrogen-bond donors (Lipinski definition) is 2. The quantitative estimate of drug-likeness (QED) is 0.780. The highest BCUT2D eigenvalue weighted by Crippen LogP contribution is 2.22. The van der Waals surface area contributed by atoms with Gasteiger partial charge in [-0.15, -0.1) is 0 Å². The average molecular weight is 274 g/mol. The summed E-state index contributed by atoms with van der Waals surface area (Å²) < 4.78 is 0. The van der Waals surface area contributed by atoms with Gasteiger partial charge in [0.15, 0.2) is 0 Å². The molecule has 1 rings (SSSR count). The van der Waals surface area contributed by atoms with Crippen LogP contribution in [0.25, 0.3) is 0 Å². The first-order valence-corrected chi connectivity index (χ1v) is 6.36. The third-order valence-corrected chi connectivity index (χ3v) is 2.99. The fraction of sp³-hybridized carbons (Fsp3) is 0.250. The van der Waals surface area contributed by atoms with Crippen molar-refractivity contribution in [3.8, 4) is 0 Å². The molecule has 1 aromatic rings. The van der Waals surface area contributed by atoms with Crippen LogP contribution in [0.3, 0.4) is 0 Å². The third kappa shape index (κ3) is 3.57. The molecule has 0 saturated carbocycles. The van der Waals surface area contributed by atoms with Gasteiger partial charge >= 0.3 is 11.9 Å². The van der Waals surface area contributed by atoms with Gasteiger partial charge in [0.2, 0.25) is 0 Å². The minimum Gasteiger partial charge on any atom is -0.478 e. The van der Waals surface area contributed by atoms with E-state index >= 15 is 0 Å². The van der Waals surface area contributed by atoms with Crippen LogP contribution in [0.15, 0.2) is 36.4 Å². The van der Waals surface area contributed by atoms with E-state index in [4.69, 9.17) is 5.11 Å². The van der Waals surface area contributed by atoms with E-state index in [0.29, 0.717) is 18.4 Å². The van der Waals surface area contributed by atoms with Crippen molar-refractivity contribution < 1.29 is 19.8 Å². The van der Waals surface area contributed by atoms with E-state index in [0.717, 1.165) is 5.56 Å². The van der Waals surface area contributed by atoms with Gasteiger partial charge in [0.05, 0.1) is 11.1 Å². The molecule has 0 aliphatic carbocycles. The van der Waals surface area contributed by atoms with Crippen LogP contribution >= 0.6 is 0 Å². The maximum absolute atomic E-state index is 11.4. The van der Waals surface area contributed by atoms with Crippen molar-refractivity contribution >= 4 is 11.9 Å². The number of aromatic carboxylic acids is 2. The zero-order chi connectivity index (χ0) is 15.1. The molecule has 106 valence electrons. The zero-order valence-electron chi connectivity index (χ0n) is 11.6. The topological polar surface area (TPSA) is 74.6 Å². The van der Waals surface area contributed by atoms with Gasteiger partial charge in [-0.2, -0.15) is 0 Å². The first-order valence-electron chi connectivity index (χ1n) is 6.36. The van der Waals surface area contributed by atoms with Gasteiger partial charge in [0.1, 0.15) is 0 Å². The van der Waals surface area contributed by atoms with Crippen molar-refractivity contribution in [2.45, 2.75) is 26.7 Å². The highest BCUT2D eigenvalue weighted by Gasteiger charge is 2.21. The predicted molar refractivity (Wildman–Crippen MR) is 77.4 cm³/mol. The molecule has 0 radical (unpaired) electrons. The first-order chi connectivity index (χ1) is 9.52. The normalized spacial score (nSPS) is 11.3. The Morgan fingerprint density at radius 3 is 2.10 bits per heavy atom. The number of rotatable bonds is 6. The summed E-state index contributed by atoms with van der Waals surface area (Å²) in [4.78, 5) is 22.6. The number of carboxylic acid groups (broad SMARTS) is 2. The second-order valence-corrected chi connectivity index (χ2v) is 4.28. The predicted octanol–water partition coefficient (Wildman–Crippen LogP) is 3.32. The zero-order valence-corrected chi connectivity index (χ0v) is 11.6. The van der Waals surface area contributed by atoms with E-state index in [-0.39, 0.29) is 11.1 Å². The van der Waals surface area contributed by atoms with Gasteiger partial charge in [0.25, 0.3) is 0 Å². The van der Waals surface area contributed by atoms with Crippen LogP contribution in [-0.4, -0.2) is 22.2 Å². The minimum atomic E-state index is -1.22. The van der Waals surface area contributed by atoms with Crippen LogP contribution in [0.1, 0.15) is 45.7 Å². The van der Waals surface area contributed by atoms with Gasteiger partial charge in [-0.3, -0.25) is 0 Å². The molecule has 20 heavy (non-hydrogen) atoms. The van der Waals surface area contributed by atoms with Crippen LogP contribution in [0.5, 0.6) is 0 Å². The Bertz CT molecular complexity index is 568. The summed E-state index contributed by atoms with van der Waals surface area (Å²) in [5, 5.41) is 18.5. The molecule has 0 aromatic heterocycles. The van der Waals surface area contributed by atoms with E-state index in [1.807, 2.05) is 38.2 Å². The maximum Gasteiger partial charge on any atom is 0.336 e. The summed E-state index contributed by atoms with van der Waals surface area (Å²) in [6.07, 6.45) is 8.44. The number of hydrogen-bond acceptors (Lipinski definition) is 2. The summed E-state index contributed by atoms with van der Waals surface area (Å²) in [5.41, 5.74) is 1.12. The lowest BCUT2D eigenvalue weighted by Gasteiger charge is -2.12. The second kappa shape index (κ2) is 7.28. The molecule has 0 saturated heterocycles. The molecule has 0 spiro atoms. The van der Waals surface area contributed by atoms with Gasteiger partial charge in [-0.25, -0.2) is 9.59 Å². The number of benzene rings is 1. The highest BCUT2D eigenvalue weighted by atomic mass is 16.4. The van der Waals surface area contributed by atoms with Gasteiger partial charge in [0, 0.05) is 0 Å². The first kappa shape index (κ1) is 15.7. The molecule has 4 nitrogen and oxygen atoms in total. The number of carboxylic acids is 2. The van der Waals surface area contributed by atoms with Gasteiger partial charge in [-0.05, 0) is 43.9 Å². The standard InChI is InChI=1S/C16H18O4/c1-3-5-7-11-9-10-13(15(17)18)14(16(19)20)12(11)8-6-4-2/h3-6,9-10H,7-8H2,1-2H3,(H,17,18)(H,19,20). The molecule has 0 aliphatic heterocycles. The Labute approximate surface area is 118 Å². The van der Waals surface area contributed by atoms with E-state index in [2.05, 4.69) is 0 Å². The Hall–Kier alpha value is -2.36. The fourth-order valence-electron chi connectivity index (χ4n) is 2.02. The second-order valence-electron chi connectivity index (χ2n) is 4.28. The lowest BCUT2D eigenvalue weighted by Crippen LogP contribution is -2.13. The Morgan fingerprint density at radius 1 is 1.00 bits per heavy atom. The number of carbonyl (C=O) groups is 2. The largest absolute Gasteiger partial charge is 0.478 e. The van der Waals surface area contributed by atoms with Gasteiger partial charge in [-0.1, -0.05) is 30.4 Å². The lowest BCUT2D eigenvalue weighted by atomic mass is 9.92. The van der Waals surface area contributed by atoms with Crippen molar-refractivity contribution in [2.75, 3.05) is 0 Å². The SMILES string of the molecule is CC=CCc1ccc(C(=O)O)c(C(=O)O)c1CC=CC. The lowest BCUT2D eigenvalue weighted by molar-refractivity contribution is 0.0650. The smallest absolute Gasteiger partial charge is 0.336 e. The molecule has 1 aromatic carbocycles. The van der Waals surface area contributed by atoms with E-state index in [1.54, 1.807) is 6.07 Å². The van der Waals surface area contributed by atoms with Crippen LogP contribution in [-0.2, 0) is 12.8 Å². The van der Waals surface area contributed by atoms with Crippen molar-refractivity contribution in [1.29, 1.82) is 0 Å².